The Bertz CT molecular complexity index is 894. The van der Waals surface area contributed by atoms with Gasteiger partial charge >= 0.3 is 0 Å². The first-order valence-corrected chi connectivity index (χ1v) is 8.35. The molecule has 1 heterocycles. The van der Waals surface area contributed by atoms with Gasteiger partial charge in [-0.25, -0.2) is 4.98 Å². The Morgan fingerprint density at radius 1 is 1.04 bits per heavy atom. The second-order valence-corrected chi connectivity index (χ2v) is 5.61. The highest BCUT2D eigenvalue weighted by Crippen LogP contribution is 2.20. The number of rotatable bonds is 7. The van der Waals surface area contributed by atoms with Crippen molar-refractivity contribution < 1.29 is 9.53 Å². The third-order valence-electron chi connectivity index (χ3n) is 3.62. The highest BCUT2D eigenvalue weighted by Gasteiger charge is 2.04. The fraction of sp³-hybridized carbons (Fsp3) is 0.150. The van der Waals surface area contributed by atoms with Gasteiger partial charge in [0, 0.05) is 23.1 Å². The van der Waals surface area contributed by atoms with Crippen molar-refractivity contribution in [3.05, 3.63) is 66.4 Å². The van der Waals surface area contributed by atoms with Crippen molar-refractivity contribution in [2.45, 2.75) is 13.8 Å². The molecule has 0 atom stereocenters. The topological polar surface area (TPSA) is 76.1 Å². The Morgan fingerprint density at radius 3 is 2.58 bits per heavy atom. The van der Waals surface area contributed by atoms with Gasteiger partial charge in [-0.3, -0.25) is 4.79 Å². The SMILES string of the molecule is CCOc1ccc(Nc2nccc(Nc3cccc(C(C)=O)c3)n2)cc1. The number of hydrogen-bond acceptors (Lipinski definition) is 6. The molecule has 0 amide bonds. The van der Waals surface area contributed by atoms with Crippen LogP contribution >= 0.6 is 0 Å². The first-order chi connectivity index (χ1) is 12.6. The smallest absolute Gasteiger partial charge is 0.229 e. The standard InChI is InChI=1S/C20H20N4O2/c1-3-26-18-9-7-16(8-10-18)23-20-21-12-11-19(24-20)22-17-6-4-5-15(13-17)14(2)25/h4-13H,3H2,1-2H3,(H2,21,22,23,24). The summed E-state index contributed by atoms with van der Waals surface area (Å²) in [7, 11) is 0. The molecule has 1 aromatic heterocycles. The summed E-state index contributed by atoms with van der Waals surface area (Å²) in [5.74, 6) is 1.95. The number of aromatic nitrogens is 2. The van der Waals surface area contributed by atoms with E-state index in [4.69, 9.17) is 4.74 Å². The molecule has 26 heavy (non-hydrogen) atoms. The van der Waals surface area contributed by atoms with Gasteiger partial charge in [0.05, 0.1) is 6.61 Å². The van der Waals surface area contributed by atoms with Crippen LogP contribution < -0.4 is 15.4 Å². The molecule has 0 aliphatic rings. The van der Waals surface area contributed by atoms with Gasteiger partial charge in [0.25, 0.3) is 0 Å². The van der Waals surface area contributed by atoms with Crippen molar-refractivity contribution in [2.75, 3.05) is 17.2 Å². The fourth-order valence-electron chi connectivity index (χ4n) is 2.38. The molecule has 6 heteroatoms. The number of ether oxygens (including phenoxy) is 1. The monoisotopic (exact) mass is 348 g/mol. The van der Waals surface area contributed by atoms with Gasteiger partial charge < -0.3 is 15.4 Å². The number of hydrogen-bond donors (Lipinski definition) is 2. The summed E-state index contributed by atoms with van der Waals surface area (Å²) in [6, 6.07) is 16.7. The number of carbonyl (C=O) groups excluding carboxylic acids is 1. The molecule has 132 valence electrons. The van der Waals surface area contributed by atoms with Gasteiger partial charge in [-0.1, -0.05) is 12.1 Å². The van der Waals surface area contributed by atoms with E-state index in [0.717, 1.165) is 17.1 Å². The minimum atomic E-state index is 0.0224. The molecular formula is C20H20N4O2. The molecule has 0 saturated carbocycles. The van der Waals surface area contributed by atoms with E-state index in [1.165, 1.54) is 0 Å². The van der Waals surface area contributed by atoms with E-state index in [2.05, 4.69) is 20.6 Å². The normalized spacial score (nSPS) is 10.2. The number of nitrogens with zero attached hydrogens (tertiary/aromatic N) is 2. The molecular weight excluding hydrogens is 328 g/mol. The Hall–Kier alpha value is -3.41. The molecule has 0 fully saturated rings. The maximum absolute atomic E-state index is 11.5. The van der Waals surface area contributed by atoms with Gasteiger partial charge in [-0.15, -0.1) is 0 Å². The molecule has 0 saturated heterocycles. The summed E-state index contributed by atoms with van der Waals surface area (Å²) in [6.07, 6.45) is 1.67. The summed E-state index contributed by atoms with van der Waals surface area (Å²) in [6.45, 7) is 4.13. The van der Waals surface area contributed by atoms with E-state index >= 15 is 0 Å². The van der Waals surface area contributed by atoms with Crippen LogP contribution in [0.3, 0.4) is 0 Å². The van der Waals surface area contributed by atoms with Gasteiger partial charge in [-0.2, -0.15) is 4.98 Å². The van der Waals surface area contributed by atoms with Crippen molar-refractivity contribution in [1.29, 1.82) is 0 Å². The minimum Gasteiger partial charge on any atom is -0.494 e. The van der Waals surface area contributed by atoms with Gasteiger partial charge in [0.15, 0.2) is 5.78 Å². The second kappa shape index (κ2) is 8.11. The van der Waals surface area contributed by atoms with Gasteiger partial charge in [0.2, 0.25) is 5.95 Å². The highest BCUT2D eigenvalue weighted by atomic mass is 16.5. The molecule has 3 aromatic rings. The zero-order chi connectivity index (χ0) is 18.4. The molecule has 2 N–H and O–H groups in total. The maximum Gasteiger partial charge on any atom is 0.229 e. The number of nitrogens with one attached hydrogen (secondary N) is 2. The first-order valence-electron chi connectivity index (χ1n) is 8.35. The third-order valence-corrected chi connectivity index (χ3v) is 3.62. The van der Waals surface area contributed by atoms with Crippen LogP contribution in [0.15, 0.2) is 60.8 Å². The van der Waals surface area contributed by atoms with E-state index in [1.807, 2.05) is 43.3 Å². The largest absolute Gasteiger partial charge is 0.494 e. The third kappa shape index (κ3) is 4.57. The molecule has 2 aromatic carbocycles. The van der Waals surface area contributed by atoms with Crippen molar-refractivity contribution in [3.8, 4) is 5.75 Å². The summed E-state index contributed by atoms with van der Waals surface area (Å²) in [5.41, 5.74) is 2.31. The molecule has 0 radical (unpaired) electrons. The van der Waals surface area contributed by atoms with Crippen LogP contribution in [0.1, 0.15) is 24.2 Å². The minimum absolute atomic E-state index is 0.0224. The van der Waals surface area contributed by atoms with Crippen LogP contribution in [-0.2, 0) is 0 Å². The molecule has 0 spiro atoms. The number of ketones is 1. The lowest BCUT2D eigenvalue weighted by Crippen LogP contribution is -2.01. The summed E-state index contributed by atoms with van der Waals surface area (Å²) in [5, 5.41) is 6.34. The van der Waals surface area contributed by atoms with E-state index < -0.39 is 0 Å². The lowest BCUT2D eigenvalue weighted by molar-refractivity contribution is 0.101. The second-order valence-electron chi connectivity index (χ2n) is 5.61. The van der Waals surface area contributed by atoms with Crippen LogP contribution in [0.2, 0.25) is 0 Å². The molecule has 0 bridgehead atoms. The molecule has 6 nitrogen and oxygen atoms in total. The first kappa shape index (κ1) is 17.4. The van der Waals surface area contributed by atoms with Crippen molar-refractivity contribution in [1.82, 2.24) is 9.97 Å². The maximum atomic E-state index is 11.5. The highest BCUT2D eigenvalue weighted by molar-refractivity contribution is 5.95. The Kier molecular flexibility index (Phi) is 5.43. The number of anilines is 4. The quantitative estimate of drug-likeness (QED) is 0.609. The van der Waals surface area contributed by atoms with Gasteiger partial charge in [0.1, 0.15) is 11.6 Å². The summed E-state index contributed by atoms with van der Waals surface area (Å²) < 4.78 is 5.43. The van der Waals surface area contributed by atoms with Crippen LogP contribution in [0.25, 0.3) is 0 Å². The van der Waals surface area contributed by atoms with Crippen LogP contribution in [0.5, 0.6) is 5.75 Å². The van der Waals surface area contributed by atoms with E-state index in [1.54, 1.807) is 31.3 Å². The molecule has 3 rings (SSSR count). The number of carbonyl (C=O) groups is 1. The Balaban J connectivity index is 1.71. The van der Waals surface area contributed by atoms with Crippen molar-refractivity contribution in [3.63, 3.8) is 0 Å². The average Bonchev–Trinajstić information content (AvgIpc) is 2.64. The van der Waals surface area contributed by atoms with Crippen molar-refractivity contribution in [2.24, 2.45) is 0 Å². The average molecular weight is 348 g/mol. The predicted octanol–water partition coefficient (Wildman–Crippen LogP) is 4.57. The summed E-state index contributed by atoms with van der Waals surface area (Å²) >= 11 is 0. The Morgan fingerprint density at radius 2 is 1.85 bits per heavy atom. The summed E-state index contributed by atoms with van der Waals surface area (Å²) in [4.78, 5) is 20.2. The van der Waals surface area contributed by atoms with Crippen LogP contribution in [-0.4, -0.2) is 22.4 Å². The number of benzene rings is 2. The lowest BCUT2D eigenvalue weighted by atomic mass is 10.1. The van der Waals surface area contributed by atoms with Crippen LogP contribution in [0.4, 0.5) is 23.1 Å². The zero-order valence-electron chi connectivity index (χ0n) is 14.7. The lowest BCUT2D eigenvalue weighted by Gasteiger charge is -2.10. The van der Waals surface area contributed by atoms with Crippen molar-refractivity contribution >= 4 is 28.9 Å². The van der Waals surface area contributed by atoms with Crippen LogP contribution in [0, 0.1) is 0 Å². The molecule has 0 unspecified atom stereocenters. The van der Waals surface area contributed by atoms with E-state index in [0.29, 0.717) is 23.9 Å². The Labute approximate surface area is 152 Å². The van der Waals surface area contributed by atoms with E-state index in [-0.39, 0.29) is 5.78 Å². The fourth-order valence-corrected chi connectivity index (χ4v) is 2.38. The van der Waals surface area contributed by atoms with E-state index in [9.17, 15) is 4.79 Å². The molecule has 0 aliphatic heterocycles. The van der Waals surface area contributed by atoms with Gasteiger partial charge in [-0.05, 0) is 56.3 Å². The predicted molar refractivity (Wildman–Crippen MR) is 103 cm³/mol. The zero-order valence-corrected chi connectivity index (χ0v) is 14.7. The number of Topliss-reactive ketones (excluding diaryl/α,β-unsaturated/α-hetero) is 1. The molecule has 0 aliphatic carbocycles.